The second kappa shape index (κ2) is 7.38. The number of carbonyl (C=O) groups excluding carboxylic acids is 1. The van der Waals surface area contributed by atoms with Crippen LogP contribution in [0.2, 0.25) is 0 Å². The Morgan fingerprint density at radius 3 is 3.00 bits per heavy atom. The van der Waals surface area contributed by atoms with Gasteiger partial charge < -0.3 is 15.2 Å². The molecule has 8 nitrogen and oxygen atoms in total. The molecule has 18 heavy (non-hydrogen) atoms. The molecule has 0 unspecified atom stereocenters. The second-order valence-electron chi connectivity index (χ2n) is 3.63. The molecule has 100 valence electrons. The molecule has 1 aromatic rings. The SMILES string of the molecule is CCCOCC(=O)NCc1cn(CC(=O)O)nn1. The van der Waals surface area contributed by atoms with Crippen LogP contribution in [-0.2, 0) is 27.4 Å². The number of aliphatic carboxylic acids is 1. The van der Waals surface area contributed by atoms with Gasteiger partial charge in [-0.05, 0) is 6.42 Å². The molecule has 0 aliphatic heterocycles. The first kappa shape index (κ1) is 14.1. The Hall–Kier alpha value is -1.96. The van der Waals surface area contributed by atoms with Crippen LogP contribution in [0.15, 0.2) is 6.20 Å². The molecule has 0 atom stereocenters. The number of ether oxygens (including phenoxy) is 1. The van der Waals surface area contributed by atoms with Crippen molar-refractivity contribution in [2.45, 2.75) is 26.4 Å². The Morgan fingerprint density at radius 1 is 1.56 bits per heavy atom. The lowest BCUT2D eigenvalue weighted by atomic mass is 10.4. The third-order valence-corrected chi connectivity index (χ3v) is 1.93. The van der Waals surface area contributed by atoms with Crippen LogP contribution in [-0.4, -0.2) is 45.2 Å². The summed E-state index contributed by atoms with van der Waals surface area (Å²) in [5.74, 6) is -1.24. The van der Waals surface area contributed by atoms with Gasteiger partial charge in [-0.25, -0.2) is 4.68 Å². The van der Waals surface area contributed by atoms with E-state index in [1.807, 2.05) is 6.92 Å². The Balaban J connectivity index is 2.28. The first-order valence-electron chi connectivity index (χ1n) is 5.57. The van der Waals surface area contributed by atoms with Crippen molar-refractivity contribution < 1.29 is 19.4 Å². The zero-order valence-electron chi connectivity index (χ0n) is 10.1. The van der Waals surface area contributed by atoms with E-state index < -0.39 is 5.97 Å². The van der Waals surface area contributed by atoms with Crippen LogP contribution in [0.25, 0.3) is 0 Å². The molecule has 0 aliphatic carbocycles. The van der Waals surface area contributed by atoms with Gasteiger partial charge in [-0.1, -0.05) is 12.1 Å². The number of nitrogens with zero attached hydrogens (tertiary/aromatic N) is 3. The number of carboxylic acids is 1. The highest BCUT2D eigenvalue weighted by Crippen LogP contribution is 1.92. The molecular weight excluding hydrogens is 240 g/mol. The fourth-order valence-electron chi connectivity index (χ4n) is 1.18. The van der Waals surface area contributed by atoms with Gasteiger partial charge in [0.05, 0.1) is 12.7 Å². The van der Waals surface area contributed by atoms with Gasteiger partial charge in [0.2, 0.25) is 5.91 Å². The van der Waals surface area contributed by atoms with Gasteiger partial charge in [-0.15, -0.1) is 5.10 Å². The van der Waals surface area contributed by atoms with Crippen molar-refractivity contribution in [3.63, 3.8) is 0 Å². The van der Waals surface area contributed by atoms with Gasteiger partial charge in [0.1, 0.15) is 18.8 Å². The summed E-state index contributed by atoms with van der Waals surface area (Å²) < 4.78 is 6.25. The maximum atomic E-state index is 11.3. The smallest absolute Gasteiger partial charge is 0.325 e. The van der Waals surface area contributed by atoms with Gasteiger partial charge >= 0.3 is 5.97 Å². The summed E-state index contributed by atoms with van der Waals surface area (Å²) in [7, 11) is 0. The lowest BCUT2D eigenvalue weighted by Gasteiger charge is -2.03. The number of nitrogens with one attached hydrogen (secondary N) is 1. The Labute approximate surface area is 104 Å². The Bertz CT molecular complexity index is 404. The van der Waals surface area contributed by atoms with Crippen LogP contribution < -0.4 is 5.32 Å². The molecule has 0 saturated carbocycles. The molecule has 0 aromatic carbocycles. The molecule has 0 spiro atoms. The summed E-state index contributed by atoms with van der Waals surface area (Å²) in [5, 5.41) is 18.5. The van der Waals surface area contributed by atoms with E-state index in [0.717, 1.165) is 6.42 Å². The molecule has 1 amide bonds. The third-order valence-electron chi connectivity index (χ3n) is 1.93. The Morgan fingerprint density at radius 2 is 2.33 bits per heavy atom. The number of carbonyl (C=O) groups is 2. The molecule has 0 saturated heterocycles. The highest BCUT2D eigenvalue weighted by atomic mass is 16.5. The zero-order chi connectivity index (χ0) is 13.4. The fourth-order valence-corrected chi connectivity index (χ4v) is 1.18. The van der Waals surface area contributed by atoms with Crippen molar-refractivity contribution >= 4 is 11.9 Å². The average molecular weight is 256 g/mol. The summed E-state index contributed by atoms with van der Waals surface area (Å²) in [5.41, 5.74) is 0.500. The van der Waals surface area contributed by atoms with Crippen LogP contribution in [0.5, 0.6) is 0 Å². The first-order valence-corrected chi connectivity index (χ1v) is 5.57. The van der Waals surface area contributed by atoms with Crippen molar-refractivity contribution in [1.29, 1.82) is 0 Å². The van der Waals surface area contributed by atoms with E-state index in [0.29, 0.717) is 12.3 Å². The van der Waals surface area contributed by atoms with Gasteiger partial charge in [-0.3, -0.25) is 9.59 Å². The topological polar surface area (TPSA) is 106 Å². The molecule has 2 N–H and O–H groups in total. The number of aromatic nitrogens is 3. The normalized spacial score (nSPS) is 10.3. The molecule has 0 aliphatic rings. The number of amides is 1. The maximum absolute atomic E-state index is 11.3. The Kier molecular flexibility index (Phi) is 5.78. The van der Waals surface area contributed by atoms with Crippen molar-refractivity contribution in [2.24, 2.45) is 0 Å². The van der Waals surface area contributed by atoms with E-state index in [2.05, 4.69) is 15.6 Å². The molecule has 0 fully saturated rings. The molecular formula is C10H16N4O4. The zero-order valence-corrected chi connectivity index (χ0v) is 10.1. The number of hydrogen-bond acceptors (Lipinski definition) is 5. The predicted octanol–water partition coefficient (Wildman–Crippen LogP) is -0.594. The third kappa shape index (κ3) is 5.39. The van der Waals surface area contributed by atoms with Crippen molar-refractivity contribution in [3.8, 4) is 0 Å². The van der Waals surface area contributed by atoms with Gasteiger partial charge in [0.25, 0.3) is 0 Å². The van der Waals surface area contributed by atoms with Crippen molar-refractivity contribution in [2.75, 3.05) is 13.2 Å². The highest BCUT2D eigenvalue weighted by Gasteiger charge is 2.06. The lowest BCUT2D eigenvalue weighted by Crippen LogP contribution is -2.27. The summed E-state index contributed by atoms with van der Waals surface area (Å²) in [4.78, 5) is 21.7. The minimum absolute atomic E-state index is 0.0110. The largest absolute Gasteiger partial charge is 0.480 e. The van der Waals surface area contributed by atoms with E-state index >= 15 is 0 Å². The average Bonchev–Trinajstić information content (AvgIpc) is 2.73. The molecule has 8 heteroatoms. The van der Waals surface area contributed by atoms with Crippen LogP contribution in [0.4, 0.5) is 0 Å². The van der Waals surface area contributed by atoms with Crippen LogP contribution in [0.3, 0.4) is 0 Å². The van der Waals surface area contributed by atoms with Crippen LogP contribution in [0.1, 0.15) is 19.0 Å². The summed E-state index contributed by atoms with van der Waals surface area (Å²) >= 11 is 0. The van der Waals surface area contributed by atoms with E-state index in [1.54, 1.807) is 0 Å². The number of hydrogen-bond donors (Lipinski definition) is 2. The van der Waals surface area contributed by atoms with E-state index in [4.69, 9.17) is 9.84 Å². The summed E-state index contributed by atoms with van der Waals surface area (Å²) in [6.07, 6.45) is 2.33. The standard InChI is InChI=1S/C10H16N4O4/c1-2-3-18-7-9(15)11-4-8-5-14(13-12-8)6-10(16)17/h5H,2-4,6-7H2,1H3,(H,11,15)(H,16,17). The van der Waals surface area contributed by atoms with Gasteiger partial charge in [0, 0.05) is 6.61 Å². The predicted molar refractivity (Wildman–Crippen MR) is 60.6 cm³/mol. The number of carboxylic acid groups (broad SMARTS) is 1. The van der Waals surface area contributed by atoms with Gasteiger partial charge in [0.15, 0.2) is 0 Å². The van der Waals surface area contributed by atoms with Crippen LogP contribution in [0, 0.1) is 0 Å². The minimum Gasteiger partial charge on any atom is -0.480 e. The van der Waals surface area contributed by atoms with Crippen molar-refractivity contribution in [1.82, 2.24) is 20.3 Å². The second-order valence-corrected chi connectivity index (χ2v) is 3.63. The molecule has 1 heterocycles. The molecule has 0 bridgehead atoms. The van der Waals surface area contributed by atoms with Crippen LogP contribution >= 0.6 is 0 Å². The quantitative estimate of drug-likeness (QED) is 0.602. The molecule has 1 rings (SSSR count). The number of rotatable bonds is 8. The van der Waals surface area contributed by atoms with E-state index in [1.165, 1.54) is 10.9 Å². The summed E-state index contributed by atoms with van der Waals surface area (Å²) in [6.45, 7) is 2.46. The molecule has 0 radical (unpaired) electrons. The summed E-state index contributed by atoms with van der Waals surface area (Å²) in [6, 6.07) is 0. The highest BCUT2D eigenvalue weighted by molar-refractivity contribution is 5.77. The maximum Gasteiger partial charge on any atom is 0.325 e. The minimum atomic E-state index is -0.997. The lowest BCUT2D eigenvalue weighted by molar-refractivity contribution is -0.138. The van der Waals surface area contributed by atoms with Gasteiger partial charge in [-0.2, -0.15) is 0 Å². The monoisotopic (exact) mass is 256 g/mol. The first-order chi connectivity index (χ1) is 8.61. The van der Waals surface area contributed by atoms with Crippen molar-refractivity contribution in [3.05, 3.63) is 11.9 Å². The van der Waals surface area contributed by atoms with E-state index in [-0.39, 0.29) is 25.6 Å². The van der Waals surface area contributed by atoms with E-state index in [9.17, 15) is 9.59 Å². The fraction of sp³-hybridized carbons (Fsp3) is 0.600. The molecule has 1 aromatic heterocycles.